The SMILES string of the molecule is CC1CCC2CC(O)C(N3CC(C=O)NS3(=O)=O)CC2C1. The number of carbonyl (C=O) groups is 1. The second-order valence-electron chi connectivity index (χ2n) is 6.98. The van der Waals surface area contributed by atoms with E-state index in [2.05, 4.69) is 11.6 Å². The summed E-state index contributed by atoms with van der Waals surface area (Å²) in [5, 5.41) is 10.4. The number of hydrogen-bond donors (Lipinski definition) is 2. The van der Waals surface area contributed by atoms with Gasteiger partial charge in [0.1, 0.15) is 6.29 Å². The summed E-state index contributed by atoms with van der Waals surface area (Å²) in [5.41, 5.74) is 0. The van der Waals surface area contributed by atoms with E-state index in [1.165, 1.54) is 10.7 Å². The predicted octanol–water partition coefficient (Wildman–Crippen LogP) is 0.280. The molecule has 0 aromatic heterocycles. The molecule has 1 aliphatic heterocycles. The predicted molar refractivity (Wildman–Crippen MR) is 77.6 cm³/mol. The zero-order valence-corrected chi connectivity index (χ0v) is 13.1. The van der Waals surface area contributed by atoms with E-state index in [1.807, 2.05) is 0 Å². The molecule has 2 saturated carbocycles. The Morgan fingerprint density at radius 1 is 1.19 bits per heavy atom. The fourth-order valence-electron chi connectivity index (χ4n) is 4.38. The maximum atomic E-state index is 12.1. The third-order valence-electron chi connectivity index (χ3n) is 5.45. The van der Waals surface area contributed by atoms with Gasteiger partial charge in [-0.15, -0.1) is 0 Å². The van der Waals surface area contributed by atoms with E-state index in [1.54, 1.807) is 0 Å². The van der Waals surface area contributed by atoms with Gasteiger partial charge in [-0.05, 0) is 43.4 Å². The maximum absolute atomic E-state index is 12.1. The molecule has 0 amide bonds. The lowest BCUT2D eigenvalue weighted by Gasteiger charge is -2.45. The van der Waals surface area contributed by atoms with Crippen LogP contribution in [0.4, 0.5) is 0 Å². The van der Waals surface area contributed by atoms with E-state index >= 15 is 0 Å². The molecule has 6 nitrogen and oxygen atoms in total. The minimum absolute atomic E-state index is 0.139. The fourth-order valence-corrected chi connectivity index (χ4v) is 5.97. The highest BCUT2D eigenvalue weighted by Gasteiger charge is 2.47. The van der Waals surface area contributed by atoms with Gasteiger partial charge in [0.05, 0.1) is 18.2 Å². The molecule has 3 fully saturated rings. The molecule has 7 heteroatoms. The van der Waals surface area contributed by atoms with Gasteiger partial charge in [-0.2, -0.15) is 17.4 Å². The second-order valence-corrected chi connectivity index (χ2v) is 8.63. The van der Waals surface area contributed by atoms with Crippen molar-refractivity contribution in [3.05, 3.63) is 0 Å². The standard InChI is InChI=1S/C14H24N2O4S/c1-9-2-3-10-6-14(18)13(5-11(10)4-9)16-7-12(8-17)15-21(16,19)20/h8-15,18H,2-7H2,1H3. The van der Waals surface area contributed by atoms with Crippen molar-refractivity contribution in [3.8, 4) is 0 Å². The molecule has 0 radical (unpaired) electrons. The van der Waals surface area contributed by atoms with Crippen molar-refractivity contribution in [1.29, 1.82) is 0 Å². The minimum atomic E-state index is -3.64. The van der Waals surface area contributed by atoms with Crippen molar-refractivity contribution in [3.63, 3.8) is 0 Å². The highest BCUT2D eigenvalue weighted by atomic mass is 32.2. The summed E-state index contributed by atoms with van der Waals surface area (Å²) in [6.07, 6.45) is 4.85. The first-order chi connectivity index (χ1) is 9.90. The monoisotopic (exact) mass is 316 g/mol. The highest BCUT2D eigenvalue weighted by molar-refractivity contribution is 7.87. The Hall–Kier alpha value is -0.500. The molecule has 0 bridgehead atoms. The van der Waals surface area contributed by atoms with Gasteiger partial charge in [0.25, 0.3) is 10.2 Å². The quantitative estimate of drug-likeness (QED) is 0.717. The third-order valence-corrected chi connectivity index (χ3v) is 7.09. The number of fused-ring (bicyclic) bond motifs is 1. The molecule has 1 saturated heterocycles. The van der Waals surface area contributed by atoms with Crippen LogP contribution < -0.4 is 4.72 Å². The molecular formula is C14H24N2O4S. The smallest absolute Gasteiger partial charge is 0.280 e. The van der Waals surface area contributed by atoms with E-state index in [0.717, 1.165) is 12.8 Å². The molecule has 2 aliphatic carbocycles. The van der Waals surface area contributed by atoms with Crippen LogP contribution in [0.2, 0.25) is 0 Å². The van der Waals surface area contributed by atoms with E-state index in [0.29, 0.717) is 36.9 Å². The van der Waals surface area contributed by atoms with E-state index in [4.69, 9.17) is 0 Å². The average molecular weight is 316 g/mol. The molecule has 1 heterocycles. The van der Waals surface area contributed by atoms with Gasteiger partial charge in [0.15, 0.2) is 0 Å². The van der Waals surface area contributed by atoms with Crippen LogP contribution in [0.25, 0.3) is 0 Å². The topological polar surface area (TPSA) is 86.7 Å². The van der Waals surface area contributed by atoms with Crippen LogP contribution in [0.3, 0.4) is 0 Å². The Morgan fingerprint density at radius 2 is 1.95 bits per heavy atom. The molecule has 0 aromatic rings. The average Bonchev–Trinajstić information content (AvgIpc) is 2.73. The summed E-state index contributed by atoms with van der Waals surface area (Å²) in [5.74, 6) is 1.69. The second kappa shape index (κ2) is 5.61. The van der Waals surface area contributed by atoms with Crippen molar-refractivity contribution >= 4 is 16.5 Å². The number of aldehydes is 1. The Bertz CT molecular complexity index is 509. The van der Waals surface area contributed by atoms with Crippen LogP contribution in [-0.4, -0.2) is 48.8 Å². The zero-order chi connectivity index (χ0) is 15.2. The summed E-state index contributed by atoms with van der Waals surface area (Å²) in [4.78, 5) is 10.9. The van der Waals surface area contributed by atoms with Crippen LogP contribution in [0.5, 0.6) is 0 Å². The van der Waals surface area contributed by atoms with Gasteiger partial charge in [0, 0.05) is 6.54 Å². The number of nitrogens with zero attached hydrogens (tertiary/aromatic N) is 1. The fraction of sp³-hybridized carbons (Fsp3) is 0.929. The van der Waals surface area contributed by atoms with Gasteiger partial charge in [-0.1, -0.05) is 13.3 Å². The van der Waals surface area contributed by atoms with E-state index in [9.17, 15) is 18.3 Å². The van der Waals surface area contributed by atoms with E-state index in [-0.39, 0.29) is 12.6 Å². The maximum Gasteiger partial charge on any atom is 0.280 e. The number of rotatable bonds is 2. The van der Waals surface area contributed by atoms with Crippen LogP contribution in [0.1, 0.15) is 39.0 Å². The molecule has 3 rings (SSSR count). The zero-order valence-electron chi connectivity index (χ0n) is 12.3. The number of carbonyl (C=O) groups excluding carboxylic acids is 1. The van der Waals surface area contributed by atoms with Gasteiger partial charge in [-0.25, -0.2) is 0 Å². The van der Waals surface area contributed by atoms with Gasteiger partial charge in [-0.3, -0.25) is 0 Å². The first-order valence-corrected chi connectivity index (χ1v) is 9.27. The van der Waals surface area contributed by atoms with Crippen molar-refractivity contribution in [2.45, 2.75) is 57.2 Å². The summed E-state index contributed by atoms with van der Waals surface area (Å²) in [6.45, 7) is 2.38. The normalized spacial score (nSPS) is 47.0. The van der Waals surface area contributed by atoms with Crippen molar-refractivity contribution in [2.75, 3.05) is 6.54 Å². The van der Waals surface area contributed by atoms with E-state index < -0.39 is 22.4 Å². The van der Waals surface area contributed by atoms with Crippen molar-refractivity contribution in [2.24, 2.45) is 17.8 Å². The Kier molecular flexibility index (Phi) is 4.11. The molecule has 3 aliphatic rings. The number of hydrogen-bond acceptors (Lipinski definition) is 4. The lowest BCUT2D eigenvalue weighted by atomic mass is 9.66. The molecule has 21 heavy (non-hydrogen) atoms. The first-order valence-electron chi connectivity index (χ1n) is 7.83. The van der Waals surface area contributed by atoms with Gasteiger partial charge >= 0.3 is 0 Å². The van der Waals surface area contributed by atoms with Gasteiger partial charge in [0.2, 0.25) is 0 Å². The third kappa shape index (κ3) is 2.88. The molecule has 6 atom stereocenters. The van der Waals surface area contributed by atoms with Crippen LogP contribution >= 0.6 is 0 Å². The van der Waals surface area contributed by atoms with Crippen molar-refractivity contribution < 1.29 is 18.3 Å². The first kappa shape index (κ1) is 15.4. The number of aliphatic hydroxyl groups excluding tert-OH is 1. The summed E-state index contributed by atoms with van der Waals surface area (Å²) in [6, 6.07) is -1.08. The summed E-state index contributed by atoms with van der Waals surface area (Å²) >= 11 is 0. The molecule has 2 N–H and O–H groups in total. The number of nitrogens with one attached hydrogen (secondary N) is 1. The lowest BCUT2D eigenvalue weighted by Crippen LogP contribution is -2.51. The molecule has 0 spiro atoms. The Balaban J connectivity index is 1.77. The van der Waals surface area contributed by atoms with Gasteiger partial charge < -0.3 is 9.90 Å². The molecule has 6 unspecified atom stereocenters. The van der Waals surface area contributed by atoms with Crippen LogP contribution in [0.15, 0.2) is 0 Å². The highest BCUT2D eigenvalue weighted by Crippen LogP contribution is 2.44. The molecule has 0 aromatic carbocycles. The summed E-state index contributed by atoms with van der Waals surface area (Å²) < 4.78 is 27.9. The van der Waals surface area contributed by atoms with Crippen molar-refractivity contribution in [1.82, 2.24) is 9.03 Å². The lowest BCUT2D eigenvalue weighted by molar-refractivity contribution is -0.109. The summed E-state index contributed by atoms with van der Waals surface area (Å²) in [7, 11) is -3.64. The van der Waals surface area contributed by atoms with Crippen LogP contribution in [-0.2, 0) is 15.0 Å². The number of aliphatic hydroxyl groups is 1. The Morgan fingerprint density at radius 3 is 2.62 bits per heavy atom. The molecular weight excluding hydrogens is 292 g/mol. The Labute approximate surface area is 126 Å². The minimum Gasteiger partial charge on any atom is -0.391 e. The van der Waals surface area contributed by atoms with Crippen LogP contribution in [0, 0.1) is 17.8 Å². The molecule has 120 valence electrons. The largest absolute Gasteiger partial charge is 0.391 e.